The number of nitrogens with one attached hydrogen (secondary N) is 1. The molecule has 7 heteroatoms. The van der Waals surface area contributed by atoms with E-state index in [1.165, 1.54) is 25.0 Å². The first kappa shape index (κ1) is 16.4. The molecule has 116 valence electrons. The molecule has 2 rings (SSSR count). The zero-order valence-corrected chi connectivity index (χ0v) is 14.1. The first-order valence-electron chi connectivity index (χ1n) is 7.14. The highest BCUT2D eigenvalue weighted by Crippen LogP contribution is 2.32. The summed E-state index contributed by atoms with van der Waals surface area (Å²) in [6.07, 6.45) is 3.39. The smallest absolute Gasteiger partial charge is 0.293 e. The molecule has 1 heterocycles. The van der Waals surface area contributed by atoms with Crippen LogP contribution in [-0.2, 0) is 0 Å². The van der Waals surface area contributed by atoms with Gasteiger partial charge in [-0.3, -0.25) is 10.1 Å². The number of nitro groups is 1. The molecule has 0 bridgehead atoms. The largest absolute Gasteiger partial charge is 0.365 e. The summed E-state index contributed by atoms with van der Waals surface area (Å²) in [6.45, 7) is 4.18. The van der Waals surface area contributed by atoms with Crippen molar-refractivity contribution < 1.29 is 9.31 Å². The van der Waals surface area contributed by atoms with E-state index < -0.39 is 10.7 Å². The van der Waals surface area contributed by atoms with Crippen molar-refractivity contribution in [3.8, 4) is 0 Å². The summed E-state index contributed by atoms with van der Waals surface area (Å²) < 4.78 is 14.1. The minimum absolute atomic E-state index is 0.0292. The van der Waals surface area contributed by atoms with Crippen LogP contribution >= 0.6 is 22.6 Å². The van der Waals surface area contributed by atoms with Gasteiger partial charge in [0.15, 0.2) is 0 Å². The molecule has 0 spiro atoms. The van der Waals surface area contributed by atoms with Gasteiger partial charge in [0.05, 0.1) is 8.49 Å². The minimum Gasteiger partial charge on any atom is -0.365 e. The van der Waals surface area contributed by atoms with Crippen molar-refractivity contribution in [2.75, 3.05) is 24.5 Å². The fraction of sp³-hybridized carbons (Fsp3) is 0.571. The average molecular weight is 407 g/mol. The van der Waals surface area contributed by atoms with Gasteiger partial charge in [0, 0.05) is 31.3 Å². The number of hydrogen-bond acceptors (Lipinski definition) is 4. The Kier molecular flexibility index (Phi) is 5.74. The molecule has 0 aromatic heterocycles. The lowest BCUT2D eigenvalue weighted by molar-refractivity contribution is -0.384. The van der Waals surface area contributed by atoms with Crippen molar-refractivity contribution in [3.05, 3.63) is 31.6 Å². The third kappa shape index (κ3) is 4.03. The Hall–Kier alpha value is -0.960. The van der Waals surface area contributed by atoms with Gasteiger partial charge < -0.3 is 10.2 Å². The summed E-state index contributed by atoms with van der Waals surface area (Å²) in [5.41, 5.74) is 0.339. The summed E-state index contributed by atoms with van der Waals surface area (Å²) in [4.78, 5) is 12.7. The molecule has 1 aromatic rings. The second-order valence-corrected chi connectivity index (χ2v) is 6.36. The van der Waals surface area contributed by atoms with Crippen molar-refractivity contribution in [2.45, 2.75) is 32.2 Å². The van der Waals surface area contributed by atoms with Crippen molar-refractivity contribution in [1.29, 1.82) is 0 Å². The van der Waals surface area contributed by atoms with Crippen molar-refractivity contribution in [1.82, 2.24) is 5.32 Å². The van der Waals surface area contributed by atoms with Crippen LogP contribution in [0.4, 0.5) is 15.8 Å². The van der Waals surface area contributed by atoms with Gasteiger partial charge in [-0.15, -0.1) is 0 Å². The van der Waals surface area contributed by atoms with E-state index in [0.29, 0.717) is 24.8 Å². The Morgan fingerprint density at radius 1 is 1.52 bits per heavy atom. The van der Waals surface area contributed by atoms with Crippen molar-refractivity contribution in [3.63, 3.8) is 0 Å². The monoisotopic (exact) mass is 407 g/mol. The van der Waals surface area contributed by atoms with E-state index in [-0.39, 0.29) is 9.26 Å². The van der Waals surface area contributed by atoms with Gasteiger partial charge in [0.1, 0.15) is 11.5 Å². The lowest BCUT2D eigenvalue weighted by Gasteiger charge is -2.31. The molecule has 0 saturated carbocycles. The first-order valence-corrected chi connectivity index (χ1v) is 8.22. The maximum Gasteiger partial charge on any atom is 0.293 e. The highest BCUT2D eigenvalue weighted by Gasteiger charge is 2.24. The Balaban J connectivity index is 2.27. The van der Waals surface area contributed by atoms with Crippen LogP contribution < -0.4 is 10.2 Å². The van der Waals surface area contributed by atoms with E-state index in [2.05, 4.69) is 5.32 Å². The van der Waals surface area contributed by atoms with Crippen LogP contribution in [0.25, 0.3) is 0 Å². The first-order chi connectivity index (χ1) is 10.0. The van der Waals surface area contributed by atoms with Crippen LogP contribution in [0.3, 0.4) is 0 Å². The molecule has 0 radical (unpaired) electrons. The summed E-state index contributed by atoms with van der Waals surface area (Å²) >= 11 is 1.78. The number of likely N-dealkylation sites (N-methyl/N-ethyl adjacent to an activating group) is 1. The van der Waals surface area contributed by atoms with Gasteiger partial charge in [0.2, 0.25) is 0 Å². The maximum atomic E-state index is 13.8. The molecule has 1 aliphatic heterocycles. The molecule has 1 unspecified atom stereocenters. The number of nitrogens with zero attached hydrogens (tertiary/aromatic N) is 2. The van der Waals surface area contributed by atoms with E-state index in [0.717, 1.165) is 13.0 Å². The maximum absolute atomic E-state index is 13.8. The van der Waals surface area contributed by atoms with E-state index >= 15 is 0 Å². The zero-order chi connectivity index (χ0) is 15.4. The third-order valence-corrected chi connectivity index (χ3v) is 4.62. The molecule has 1 aromatic carbocycles. The number of anilines is 1. The standard InChI is InChI=1S/C14H19FIN3O2/c1-2-18(9-10-5-3-4-6-17-10)13-7-11(15)12(16)8-14(13)19(20)21/h7-8,10,17H,2-6,9H2,1H3. The van der Waals surface area contributed by atoms with Crippen molar-refractivity contribution in [2.24, 2.45) is 0 Å². The highest BCUT2D eigenvalue weighted by molar-refractivity contribution is 14.1. The molecule has 0 aliphatic carbocycles. The number of piperidine rings is 1. The van der Waals surface area contributed by atoms with Gasteiger partial charge in [-0.25, -0.2) is 4.39 Å². The molecule has 0 amide bonds. The number of halogens is 2. The van der Waals surface area contributed by atoms with Crippen molar-refractivity contribution >= 4 is 34.0 Å². The number of nitro benzene ring substituents is 1. The van der Waals surface area contributed by atoms with Gasteiger partial charge in [-0.1, -0.05) is 6.42 Å². The second-order valence-electron chi connectivity index (χ2n) is 5.20. The Bertz CT molecular complexity index is 521. The fourth-order valence-electron chi connectivity index (χ4n) is 2.67. The highest BCUT2D eigenvalue weighted by atomic mass is 127. The third-order valence-electron chi connectivity index (χ3n) is 3.79. The molecule has 5 nitrogen and oxygen atoms in total. The number of hydrogen-bond donors (Lipinski definition) is 1. The van der Waals surface area contributed by atoms with Gasteiger partial charge in [0.25, 0.3) is 5.69 Å². The average Bonchev–Trinajstić information content (AvgIpc) is 2.48. The molecular formula is C14H19FIN3O2. The molecule has 1 N–H and O–H groups in total. The van der Waals surface area contributed by atoms with Crippen LogP contribution in [-0.4, -0.2) is 30.6 Å². The van der Waals surface area contributed by atoms with Crippen LogP contribution in [0.5, 0.6) is 0 Å². The van der Waals surface area contributed by atoms with E-state index in [1.54, 1.807) is 22.6 Å². The van der Waals surface area contributed by atoms with Gasteiger partial charge in [-0.2, -0.15) is 0 Å². The normalized spacial score (nSPS) is 18.5. The van der Waals surface area contributed by atoms with Crippen LogP contribution in [0.2, 0.25) is 0 Å². The Morgan fingerprint density at radius 3 is 2.86 bits per heavy atom. The quantitative estimate of drug-likeness (QED) is 0.462. The molecule has 1 atom stereocenters. The number of rotatable bonds is 5. The Labute approximate surface area is 137 Å². The van der Waals surface area contributed by atoms with Gasteiger partial charge >= 0.3 is 0 Å². The van der Waals surface area contributed by atoms with E-state index in [4.69, 9.17) is 0 Å². The Morgan fingerprint density at radius 2 is 2.29 bits per heavy atom. The fourth-order valence-corrected chi connectivity index (χ4v) is 3.12. The van der Waals surface area contributed by atoms with E-state index in [1.807, 2.05) is 11.8 Å². The number of benzene rings is 1. The summed E-state index contributed by atoms with van der Waals surface area (Å²) in [6, 6.07) is 2.90. The van der Waals surface area contributed by atoms with Crippen LogP contribution in [0.1, 0.15) is 26.2 Å². The molecular weight excluding hydrogens is 388 g/mol. The summed E-state index contributed by atoms with van der Waals surface area (Å²) in [7, 11) is 0. The van der Waals surface area contributed by atoms with Crippen LogP contribution in [0, 0.1) is 19.5 Å². The molecule has 21 heavy (non-hydrogen) atoms. The zero-order valence-electron chi connectivity index (χ0n) is 11.9. The second kappa shape index (κ2) is 7.35. The minimum atomic E-state index is -0.437. The summed E-state index contributed by atoms with van der Waals surface area (Å²) in [5.74, 6) is -0.411. The predicted octanol–water partition coefficient (Wildman–Crippen LogP) is 3.31. The summed E-state index contributed by atoms with van der Waals surface area (Å²) in [5, 5.41) is 14.7. The topological polar surface area (TPSA) is 58.4 Å². The lowest BCUT2D eigenvalue weighted by atomic mass is 10.0. The van der Waals surface area contributed by atoms with Crippen LogP contribution in [0.15, 0.2) is 12.1 Å². The molecule has 1 saturated heterocycles. The molecule has 1 fully saturated rings. The lowest BCUT2D eigenvalue weighted by Crippen LogP contribution is -2.44. The SMILES string of the molecule is CCN(CC1CCCCN1)c1cc(F)c(I)cc1[N+](=O)[O-]. The van der Waals surface area contributed by atoms with Gasteiger partial charge in [-0.05, 0) is 48.9 Å². The predicted molar refractivity (Wildman–Crippen MR) is 89.3 cm³/mol. The van der Waals surface area contributed by atoms with E-state index in [9.17, 15) is 14.5 Å². The molecule has 1 aliphatic rings.